The van der Waals surface area contributed by atoms with Crippen molar-refractivity contribution in [2.75, 3.05) is 0 Å². The van der Waals surface area contributed by atoms with E-state index in [0.29, 0.717) is 5.82 Å². The molecule has 0 unspecified atom stereocenters. The molecule has 7 heteroatoms. The monoisotopic (exact) mass is 455 g/mol. The number of fused-ring (bicyclic) bond motifs is 1. The Kier molecular flexibility index (Phi) is 5.64. The molecule has 33 heavy (non-hydrogen) atoms. The van der Waals surface area contributed by atoms with Crippen LogP contribution in [-0.4, -0.2) is 23.9 Å². The van der Waals surface area contributed by atoms with Gasteiger partial charge in [0.05, 0.1) is 6.54 Å². The molecule has 0 saturated heterocycles. The van der Waals surface area contributed by atoms with Crippen LogP contribution in [0.1, 0.15) is 36.0 Å². The van der Waals surface area contributed by atoms with Crippen LogP contribution in [0, 0.1) is 13.8 Å². The van der Waals surface area contributed by atoms with Gasteiger partial charge in [-0.15, -0.1) is 0 Å². The SMILES string of the molecule is CCCc1nc2c(C)cc(C)nc2n1Cc1ccc(-c2ccccc2-c2nsc(=O)[nH]2)cc1. The van der Waals surface area contributed by atoms with Gasteiger partial charge < -0.3 is 4.57 Å². The minimum atomic E-state index is -0.148. The third-order valence-corrected chi connectivity index (χ3v) is 6.34. The number of nitrogens with one attached hydrogen (secondary N) is 1. The van der Waals surface area contributed by atoms with E-state index in [2.05, 4.69) is 64.2 Å². The maximum absolute atomic E-state index is 11.6. The van der Waals surface area contributed by atoms with E-state index in [-0.39, 0.29) is 4.87 Å². The number of H-pyrrole nitrogens is 1. The molecular formula is C26H25N5OS. The Morgan fingerprint density at radius 1 is 1.00 bits per heavy atom. The summed E-state index contributed by atoms with van der Waals surface area (Å²) in [5, 5.41) is 0. The van der Waals surface area contributed by atoms with Crippen molar-refractivity contribution >= 4 is 22.7 Å². The van der Waals surface area contributed by atoms with Crippen LogP contribution in [-0.2, 0) is 13.0 Å². The van der Waals surface area contributed by atoms with Crippen molar-refractivity contribution in [3.8, 4) is 22.5 Å². The molecule has 0 radical (unpaired) electrons. The van der Waals surface area contributed by atoms with Crippen LogP contribution in [0.15, 0.2) is 59.4 Å². The summed E-state index contributed by atoms with van der Waals surface area (Å²) < 4.78 is 6.52. The van der Waals surface area contributed by atoms with Gasteiger partial charge in [0.15, 0.2) is 11.5 Å². The number of hydrogen-bond acceptors (Lipinski definition) is 5. The lowest BCUT2D eigenvalue weighted by Gasteiger charge is -2.11. The number of nitrogens with zero attached hydrogens (tertiary/aromatic N) is 4. The van der Waals surface area contributed by atoms with Gasteiger partial charge in [0, 0.05) is 29.2 Å². The third-order valence-electron chi connectivity index (χ3n) is 5.80. The first-order chi connectivity index (χ1) is 16.0. The van der Waals surface area contributed by atoms with Gasteiger partial charge in [0.1, 0.15) is 11.3 Å². The Labute approximate surface area is 196 Å². The largest absolute Gasteiger partial charge is 0.323 e. The standard InChI is InChI=1S/C26H25N5OS/c1-4-7-22-28-23-16(2)14-17(3)27-25(23)31(22)15-18-10-12-19(13-11-18)20-8-5-6-9-21(20)24-29-26(32)33-30-24/h5-6,8-14H,4,7,15H2,1-3H3,(H,29,30,32). The highest BCUT2D eigenvalue weighted by Crippen LogP contribution is 2.30. The number of pyridine rings is 1. The topological polar surface area (TPSA) is 76.5 Å². The second-order valence-electron chi connectivity index (χ2n) is 8.30. The fourth-order valence-electron chi connectivity index (χ4n) is 4.29. The molecule has 5 aromatic rings. The van der Waals surface area contributed by atoms with Crippen molar-refractivity contribution in [3.63, 3.8) is 0 Å². The molecular weight excluding hydrogens is 430 g/mol. The van der Waals surface area contributed by atoms with Gasteiger partial charge in [-0.1, -0.05) is 55.5 Å². The van der Waals surface area contributed by atoms with Crippen molar-refractivity contribution in [3.05, 3.63) is 86.9 Å². The molecule has 0 fully saturated rings. The van der Waals surface area contributed by atoms with Gasteiger partial charge in [0.2, 0.25) is 0 Å². The molecule has 0 saturated carbocycles. The van der Waals surface area contributed by atoms with Crippen LogP contribution < -0.4 is 4.87 Å². The molecule has 0 bridgehead atoms. The zero-order chi connectivity index (χ0) is 22.9. The lowest BCUT2D eigenvalue weighted by atomic mass is 9.98. The smallest absolute Gasteiger partial charge is 0.308 e. The van der Waals surface area contributed by atoms with Crippen LogP contribution >= 0.6 is 11.5 Å². The number of aryl methyl sites for hydroxylation is 3. The van der Waals surface area contributed by atoms with E-state index in [4.69, 9.17) is 9.97 Å². The van der Waals surface area contributed by atoms with E-state index in [9.17, 15) is 4.79 Å². The quantitative estimate of drug-likeness (QED) is 0.365. The first-order valence-corrected chi connectivity index (χ1v) is 11.9. The highest BCUT2D eigenvalue weighted by molar-refractivity contribution is 7.03. The van der Waals surface area contributed by atoms with E-state index in [1.54, 1.807) is 0 Å². The van der Waals surface area contributed by atoms with Crippen LogP contribution in [0.2, 0.25) is 0 Å². The molecule has 6 nitrogen and oxygen atoms in total. The second-order valence-corrected chi connectivity index (χ2v) is 9.04. The van der Waals surface area contributed by atoms with Crippen molar-refractivity contribution in [1.29, 1.82) is 0 Å². The van der Waals surface area contributed by atoms with Crippen LogP contribution in [0.3, 0.4) is 0 Å². The Hall–Kier alpha value is -3.58. The minimum absolute atomic E-state index is 0.148. The van der Waals surface area contributed by atoms with E-state index in [0.717, 1.165) is 70.3 Å². The van der Waals surface area contributed by atoms with E-state index < -0.39 is 0 Å². The van der Waals surface area contributed by atoms with E-state index in [1.807, 2.05) is 25.1 Å². The van der Waals surface area contributed by atoms with Crippen molar-refractivity contribution in [2.24, 2.45) is 0 Å². The Balaban J connectivity index is 1.51. The summed E-state index contributed by atoms with van der Waals surface area (Å²) >= 11 is 0.940. The zero-order valence-corrected chi connectivity index (χ0v) is 19.7. The van der Waals surface area contributed by atoms with Gasteiger partial charge in [-0.2, -0.15) is 4.37 Å². The summed E-state index contributed by atoms with van der Waals surface area (Å²) in [6.45, 7) is 7.04. The highest BCUT2D eigenvalue weighted by Gasteiger charge is 2.15. The van der Waals surface area contributed by atoms with Gasteiger partial charge in [-0.05, 0) is 48.6 Å². The molecule has 0 atom stereocenters. The molecule has 0 amide bonds. The lowest BCUT2D eigenvalue weighted by Crippen LogP contribution is -2.06. The first kappa shape index (κ1) is 21.3. The molecule has 1 N–H and O–H groups in total. The molecule has 0 aliphatic rings. The second kappa shape index (κ2) is 8.75. The molecule has 0 spiro atoms. The summed E-state index contributed by atoms with van der Waals surface area (Å²) in [4.78, 5) is 24.0. The first-order valence-electron chi connectivity index (χ1n) is 11.1. The normalized spacial score (nSPS) is 11.4. The average molecular weight is 456 g/mol. The number of aromatic nitrogens is 5. The fourth-order valence-corrected chi connectivity index (χ4v) is 4.75. The number of benzene rings is 2. The minimum Gasteiger partial charge on any atom is -0.308 e. The summed E-state index contributed by atoms with van der Waals surface area (Å²) in [5.74, 6) is 1.69. The summed E-state index contributed by atoms with van der Waals surface area (Å²) in [6.07, 6.45) is 1.96. The van der Waals surface area contributed by atoms with Crippen LogP contribution in [0.25, 0.3) is 33.7 Å². The maximum Gasteiger partial charge on any atom is 0.323 e. The predicted octanol–water partition coefficient (Wildman–Crippen LogP) is 5.53. The number of rotatable bonds is 6. The molecule has 0 aliphatic carbocycles. The summed E-state index contributed by atoms with van der Waals surface area (Å²) in [7, 11) is 0. The Morgan fingerprint density at radius 2 is 1.76 bits per heavy atom. The van der Waals surface area contributed by atoms with Crippen molar-refractivity contribution < 1.29 is 0 Å². The zero-order valence-electron chi connectivity index (χ0n) is 18.9. The average Bonchev–Trinajstić information content (AvgIpc) is 3.39. The van der Waals surface area contributed by atoms with Crippen LogP contribution in [0.4, 0.5) is 0 Å². The van der Waals surface area contributed by atoms with E-state index in [1.165, 1.54) is 11.1 Å². The number of hydrogen-bond donors (Lipinski definition) is 1. The Bertz CT molecular complexity index is 1490. The molecule has 166 valence electrons. The summed E-state index contributed by atoms with van der Waals surface area (Å²) in [6, 6.07) is 18.7. The van der Waals surface area contributed by atoms with Gasteiger partial charge >= 0.3 is 4.87 Å². The highest BCUT2D eigenvalue weighted by atomic mass is 32.1. The van der Waals surface area contributed by atoms with E-state index >= 15 is 0 Å². The fraction of sp³-hybridized carbons (Fsp3) is 0.231. The number of aromatic amines is 1. The van der Waals surface area contributed by atoms with Crippen molar-refractivity contribution in [2.45, 2.75) is 40.2 Å². The molecule has 0 aliphatic heterocycles. The van der Waals surface area contributed by atoms with Crippen molar-refractivity contribution in [1.82, 2.24) is 23.9 Å². The Morgan fingerprint density at radius 3 is 2.45 bits per heavy atom. The van der Waals surface area contributed by atoms with Gasteiger partial charge in [0.25, 0.3) is 0 Å². The number of imidazole rings is 1. The maximum atomic E-state index is 11.6. The summed E-state index contributed by atoms with van der Waals surface area (Å²) in [5.41, 5.74) is 8.36. The third kappa shape index (κ3) is 4.12. The molecule has 5 rings (SSSR count). The lowest BCUT2D eigenvalue weighted by molar-refractivity contribution is 0.716. The molecule has 3 aromatic heterocycles. The van der Waals surface area contributed by atoms with Gasteiger partial charge in [-0.3, -0.25) is 9.78 Å². The predicted molar refractivity (Wildman–Crippen MR) is 134 cm³/mol. The van der Waals surface area contributed by atoms with Crippen LogP contribution in [0.5, 0.6) is 0 Å². The molecule has 2 aromatic carbocycles. The van der Waals surface area contributed by atoms with Gasteiger partial charge in [-0.25, -0.2) is 9.97 Å². The molecule has 3 heterocycles.